The number of anilines is 1. The fraction of sp³-hybridized carbons (Fsp3) is 0.636. The van der Waals surface area contributed by atoms with Gasteiger partial charge in [0.15, 0.2) is 0 Å². The first-order chi connectivity index (χ1) is 7.75. The van der Waals surface area contributed by atoms with Gasteiger partial charge in [0.1, 0.15) is 0 Å². The fourth-order valence-corrected chi connectivity index (χ4v) is 2.37. The minimum Gasteiger partial charge on any atom is -0.391 e. The molecule has 0 spiro atoms. The second-order valence-corrected chi connectivity index (χ2v) is 5.47. The smallest absolute Gasteiger partial charge is 0.225 e. The molecule has 16 heavy (non-hydrogen) atoms. The van der Waals surface area contributed by atoms with Crippen LogP contribution in [0.2, 0.25) is 0 Å². The normalized spacial score (nSPS) is 28.6. The Bertz CT molecular complexity index is 379. The van der Waals surface area contributed by atoms with Crippen molar-refractivity contribution >= 4 is 21.9 Å². The predicted octanol–water partition coefficient (Wildman–Crippen LogP) is 1.73. The number of aromatic nitrogens is 2. The van der Waals surface area contributed by atoms with E-state index in [1.54, 1.807) is 12.4 Å². The second-order valence-electron chi connectivity index (χ2n) is 4.55. The lowest BCUT2D eigenvalue weighted by molar-refractivity contribution is 0.0629. The van der Waals surface area contributed by atoms with Gasteiger partial charge in [-0.1, -0.05) is 0 Å². The zero-order valence-electron chi connectivity index (χ0n) is 8.88. The SMILES string of the molecule is OC1CCC1N(c1ncc(Br)cn1)C1CC1. The van der Waals surface area contributed by atoms with Crippen LogP contribution >= 0.6 is 15.9 Å². The average molecular weight is 284 g/mol. The highest BCUT2D eigenvalue weighted by Crippen LogP contribution is 2.37. The lowest BCUT2D eigenvalue weighted by Gasteiger charge is -2.41. The first kappa shape index (κ1) is 10.5. The number of hydrogen-bond acceptors (Lipinski definition) is 4. The van der Waals surface area contributed by atoms with Gasteiger partial charge in [-0.25, -0.2) is 9.97 Å². The molecule has 2 atom stereocenters. The molecule has 2 saturated carbocycles. The summed E-state index contributed by atoms with van der Waals surface area (Å²) in [5, 5.41) is 9.76. The lowest BCUT2D eigenvalue weighted by atomic mass is 9.88. The Hall–Kier alpha value is -0.680. The van der Waals surface area contributed by atoms with Gasteiger partial charge in [0.05, 0.1) is 16.6 Å². The standard InChI is InChI=1S/C11H14BrN3O/c12-7-5-13-11(14-6-7)15(8-1-2-8)9-3-4-10(9)16/h5-6,8-10,16H,1-4H2. The average Bonchev–Trinajstić information content (AvgIpc) is 3.09. The number of rotatable bonds is 3. The van der Waals surface area contributed by atoms with Crippen LogP contribution in [0.5, 0.6) is 0 Å². The molecule has 4 nitrogen and oxygen atoms in total. The summed E-state index contributed by atoms with van der Waals surface area (Å²) in [5.41, 5.74) is 0. The molecule has 1 aromatic heterocycles. The summed E-state index contributed by atoms with van der Waals surface area (Å²) in [5.74, 6) is 0.759. The van der Waals surface area contributed by atoms with Crippen LogP contribution in [0.3, 0.4) is 0 Å². The van der Waals surface area contributed by atoms with Gasteiger partial charge in [0, 0.05) is 18.4 Å². The molecule has 1 heterocycles. The zero-order chi connectivity index (χ0) is 11.1. The Kier molecular flexibility index (Phi) is 2.59. The third-order valence-electron chi connectivity index (χ3n) is 3.34. The summed E-state index contributed by atoms with van der Waals surface area (Å²) in [7, 11) is 0. The molecule has 0 aliphatic heterocycles. The van der Waals surface area contributed by atoms with E-state index in [4.69, 9.17) is 0 Å². The van der Waals surface area contributed by atoms with E-state index in [-0.39, 0.29) is 12.1 Å². The van der Waals surface area contributed by atoms with Crippen LogP contribution in [0.4, 0.5) is 5.95 Å². The highest BCUT2D eigenvalue weighted by Gasteiger charge is 2.42. The van der Waals surface area contributed by atoms with Crippen molar-refractivity contribution in [2.24, 2.45) is 0 Å². The Morgan fingerprint density at radius 3 is 2.31 bits per heavy atom. The first-order valence-corrected chi connectivity index (χ1v) is 6.49. The van der Waals surface area contributed by atoms with E-state index in [0.717, 1.165) is 23.3 Å². The zero-order valence-corrected chi connectivity index (χ0v) is 10.5. The molecule has 0 saturated heterocycles. The largest absolute Gasteiger partial charge is 0.391 e. The summed E-state index contributed by atoms with van der Waals surface area (Å²) in [6.07, 6.45) is 7.69. The number of aliphatic hydroxyl groups is 1. The third kappa shape index (κ3) is 1.82. The highest BCUT2D eigenvalue weighted by molar-refractivity contribution is 9.10. The number of halogens is 1. The summed E-state index contributed by atoms with van der Waals surface area (Å²) in [4.78, 5) is 10.9. The van der Waals surface area contributed by atoms with Crippen molar-refractivity contribution in [1.29, 1.82) is 0 Å². The molecule has 5 heteroatoms. The molecule has 2 unspecified atom stereocenters. The van der Waals surface area contributed by atoms with Crippen LogP contribution in [-0.4, -0.2) is 33.3 Å². The molecule has 1 aromatic rings. The highest BCUT2D eigenvalue weighted by atomic mass is 79.9. The van der Waals surface area contributed by atoms with Crippen LogP contribution in [0.1, 0.15) is 25.7 Å². The van der Waals surface area contributed by atoms with Crippen LogP contribution in [0, 0.1) is 0 Å². The molecule has 0 radical (unpaired) electrons. The Balaban J connectivity index is 1.85. The monoisotopic (exact) mass is 283 g/mol. The minimum atomic E-state index is -0.201. The topological polar surface area (TPSA) is 49.2 Å². The maximum Gasteiger partial charge on any atom is 0.225 e. The van der Waals surface area contributed by atoms with E-state index in [1.165, 1.54) is 12.8 Å². The van der Waals surface area contributed by atoms with Crippen molar-refractivity contribution in [3.05, 3.63) is 16.9 Å². The first-order valence-electron chi connectivity index (χ1n) is 5.69. The molecular formula is C11H14BrN3O. The van der Waals surface area contributed by atoms with Gasteiger partial charge in [-0.05, 0) is 41.6 Å². The Morgan fingerprint density at radius 2 is 1.88 bits per heavy atom. The van der Waals surface area contributed by atoms with E-state index in [1.807, 2.05) is 0 Å². The van der Waals surface area contributed by atoms with Gasteiger partial charge < -0.3 is 10.0 Å². The summed E-state index contributed by atoms with van der Waals surface area (Å²) in [6, 6.07) is 0.773. The van der Waals surface area contributed by atoms with Crippen LogP contribution in [-0.2, 0) is 0 Å². The van der Waals surface area contributed by atoms with Gasteiger partial charge in [-0.15, -0.1) is 0 Å². The molecule has 2 aliphatic carbocycles. The second kappa shape index (κ2) is 3.96. The van der Waals surface area contributed by atoms with Crippen molar-refractivity contribution in [2.75, 3.05) is 4.90 Å². The van der Waals surface area contributed by atoms with E-state index < -0.39 is 0 Å². The van der Waals surface area contributed by atoms with Gasteiger partial charge in [0.2, 0.25) is 5.95 Å². The molecule has 1 N–H and O–H groups in total. The molecule has 2 fully saturated rings. The molecule has 0 amide bonds. The van der Waals surface area contributed by atoms with E-state index in [2.05, 4.69) is 30.8 Å². The predicted molar refractivity (Wildman–Crippen MR) is 64.3 cm³/mol. The van der Waals surface area contributed by atoms with Crippen molar-refractivity contribution in [2.45, 2.75) is 43.9 Å². The van der Waals surface area contributed by atoms with E-state index in [0.29, 0.717) is 6.04 Å². The number of aliphatic hydroxyl groups excluding tert-OH is 1. The van der Waals surface area contributed by atoms with Crippen LogP contribution in [0.15, 0.2) is 16.9 Å². The molecule has 3 rings (SSSR count). The summed E-state index contributed by atoms with van der Waals surface area (Å²) >= 11 is 3.33. The molecule has 0 aromatic carbocycles. The maximum absolute atomic E-state index is 9.76. The van der Waals surface area contributed by atoms with E-state index >= 15 is 0 Å². The third-order valence-corrected chi connectivity index (χ3v) is 3.75. The van der Waals surface area contributed by atoms with Crippen LogP contribution < -0.4 is 4.90 Å². The van der Waals surface area contributed by atoms with Crippen molar-refractivity contribution in [3.63, 3.8) is 0 Å². The quantitative estimate of drug-likeness (QED) is 0.918. The molecule has 2 aliphatic rings. The molecular weight excluding hydrogens is 270 g/mol. The fourth-order valence-electron chi connectivity index (χ4n) is 2.16. The minimum absolute atomic E-state index is 0.201. The van der Waals surface area contributed by atoms with Gasteiger partial charge in [-0.3, -0.25) is 0 Å². The van der Waals surface area contributed by atoms with E-state index in [9.17, 15) is 5.11 Å². The number of nitrogens with zero attached hydrogens (tertiary/aromatic N) is 3. The van der Waals surface area contributed by atoms with Crippen molar-refractivity contribution < 1.29 is 5.11 Å². The van der Waals surface area contributed by atoms with Crippen molar-refractivity contribution in [1.82, 2.24) is 9.97 Å². The summed E-state index contributed by atoms with van der Waals surface area (Å²) in [6.45, 7) is 0. The van der Waals surface area contributed by atoms with Gasteiger partial charge in [0.25, 0.3) is 0 Å². The van der Waals surface area contributed by atoms with Crippen LogP contribution in [0.25, 0.3) is 0 Å². The van der Waals surface area contributed by atoms with Gasteiger partial charge in [-0.2, -0.15) is 0 Å². The Labute approximate surface area is 103 Å². The Morgan fingerprint density at radius 1 is 1.19 bits per heavy atom. The maximum atomic E-state index is 9.76. The van der Waals surface area contributed by atoms with Gasteiger partial charge >= 0.3 is 0 Å². The number of hydrogen-bond donors (Lipinski definition) is 1. The lowest BCUT2D eigenvalue weighted by Crippen LogP contribution is -2.52. The molecule has 0 bridgehead atoms. The summed E-state index contributed by atoms with van der Waals surface area (Å²) < 4.78 is 0.890. The van der Waals surface area contributed by atoms with Crippen molar-refractivity contribution in [3.8, 4) is 0 Å². The molecule has 86 valence electrons.